The maximum atomic E-state index is 14.3. The Bertz CT molecular complexity index is 3870. The average molecular weight is 1590 g/mol. The number of aliphatic hydroxyl groups excluding tert-OH is 7. The summed E-state index contributed by atoms with van der Waals surface area (Å²) >= 11 is 0. The molecule has 3 aliphatic heterocycles. The van der Waals surface area contributed by atoms with Gasteiger partial charge in [0.15, 0.2) is 24.8 Å². The maximum Gasteiger partial charge on any atom is 0.460 e. The molecule has 0 saturated carbocycles. The van der Waals surface area contributed by atoms with Gasteiger partial charge in [-0.3, -0.25) is 43.0 Å². The SMILES string of the molecule is CC(F)(F)C(F)(F)C(F)(F)C(F)(F)C(F)(F)C(F)(F)C(F)(F)C(F)(F)C(=O)OC1[C@@H](O)[C@@H](CO)O[C@H]1n1ccc(=O)[nH]c1=O.O=c1ccn([C@@H]2O[C@H](CO)[C@H](O)C2O)c(=O)[nH]1.O=c1ccn([C@@H]2O[C@H](CO)[C@H](O)C2OC(F)(F)C(F)(F)C(F)(F)C(F)(F)C(F)(F)C(F)(F)C(F)(F)C(F)(F)F)c(=O)[nH]1. The highest BCUT2D eigenvalue weighted by atomic mass is 19.4. The minimum absolute atomic E-state index is 0.0452. The van der Waals surface area contributed by atoms with Crippen molar-refractivity contribution in [3.63, 3.8) is 0 Å². The van der Waals surface area contributed by atoms with Crippen molar-refractivity contribution in [2.75, 3.05) is 19.8 Å². The molecule has 25 nitrogen and oxygen atoms in total. The lowest BCUT2D eigenvalue weighted by atomic mass is 9.88. The number of nitrogens with zero attached hydrogens (tertiary/aromatic N) is 3. The minimum Gasteiger partial charge on any atom is -0.450 e. The summed E-state index contributed by atoms with van der Waals surface area (Å²) in [5, 5.41) is 66.2. The summed E-state index contributed by atoms with van der Waals surface area (Å²) in [5.74, 6) is -120. The van der Waals surface area contributed by atoms with Gasteiger partial charge >= 0.3 is 118 Å². The number of esters is 1. The molecule has 3 saturated heterocycles. The van der Waals surface area contributed by atoms with Crippen LogP contribution in [-0.4, -0.2) is 240 Å². The number of hydrogen-bond acceptors (Lipinski definition) is 19. The molecule has 592 valence electrons. The minimum atomic E-state index is -8.86. The average Bonchev–Trinajstić information content (AvgIpc) is 1.68. The second-order valence-corrected chi connectivity index (χ2v) is 21.1. The molecular weight excluding hydrogens is 1560 g/mol. The van der Waals surface area contributed by atoms with E-state index < -0.39 is 235 Å². The number of aromatic nitrogens is 6. The molecule has 0 bridgehead atoms. The van der Waals surface area contributed by atoms with Crippen molar-refractivity contribution in [1.82, 2.24) is 28.7 Å². The smallest absolute Gasteiger partial charge is 0.450 e. The van der Waals surface area contributed by atoms with Crippen LogP contribution in [0.5, 0.6) is 0 Å². The molecule has 0 aliphatic carbocycles. The Morgan fingerprint density at radius 3 is 0.971 bits per heavy atom. The van der Waals surface area contributed by atoms with Gasteiger partial charge in [0.2, 0.25) is 0 Å². The van der Waals surface area contributed by atoms with Crippen LogP contribution in [0, 0.1) is 0 Å². The molecule has 3 aliphatic rings. The van der Waals surface area contributed by atoms with E-state index in [-0.39, 0.29) is 15.3 Å². The summed E-state index contributed by atoms with van der Waals surface area (Å²) in [6.45, 7) is -4.64. The third-order valence-electron chi connectivity index (χ3n) is 14.3. The van der Waals surface area contributed by atoms with Crippen molar-refractivity contribution in [1.29, 1.82) is 0 Å². The lowest BCUT2D eigenvalue weighted by Crippen LogP contribution is -2.75. The summed E-state index contributed by atoms with van der Waals surface area (Å²) in [7, 11) is 0. The highest BCUT2D eigenvalue weighted by molar-refractivity contribution is 5.79. The summed E-state index contributed by atoms with van der Waals surface area (Å²) < 4.78 is 471. The zero-order chi connectivity index (χ0) is 80.7. The molecule has 12 atom stereocenters. The van der Waals surface area contributed by atoms with E-state index in [0.29, 0.717) is 18.3 Å². The van der Waals surface area contributed by atoms with Crippen LogP contribution in [0.15, 0.2) is 65.6 Å². The highest BCUT2D eigenvalue weighted by Gasteiger charge is 2.97. The molecule has 3 aromatic rings. The Morgan fingerprint density at radius 2 is 0.660 bits per heavy atom. The molecule has 10 N–H and O–H groups in total. The van der Waals surface area contributed by atoms with Gasteiger partial charge in [-0.15, -0.1) is 0 Å². The fraction of sp³-hybridized carbons (Fsp3) is 0.711. The third-order valence-corrected chi connectivity index (χ3v) is 14.3. The molecule has 58 heteroatoms. The van der Waals surface area contributed by atoms with E-state index in [0.717, 1.165) is 16.8 Å². The summed E-state index contributed by atoms with van der Waals surface area (Å²) in [5.41, 5.74) is -7.06. The van der Waals surface area contributed by atoms with Crippen LogP contribution in [0.2, 0.25) is 0 Å². The van der Waals surface area contributed by atoms with Gasteiger partial charge < -0.3 is 59.4 Å². The van der Waals surface area contributed by atoms with Crippen LogP contribution in [0.25, 0.3) is 0 Å². The normalized spacial score (nSPS) is 25.1. The maximum absolute atomic E-state index is 14.3. The number of hydrogen-bond donors (Lipinski definition) is 10. The first-order chi connectivity index (χ1) is 45.9. The number of aliphatic hydroxyl groups is 7. The van der Waals surface area contributed by atoms with Crippen molar-refractivity contribution < 1.29 is 209 Å². The number of nitrogens with one attached hydrogen (secondary N) is 3. The monoisotopic (exact) mass is 1590 g/mol. The van der Waals surface area contributed by atoms with E-state index in [2.05, 4.69) is 14.2 Å². The predicted octanol–water partition coefficient (Wildman–Crippen LogP) is 3.09. The lowest BCUT2D eigenvalue weighted by Gasteiger charge is -2.43. The predicted molar refractivity (Wildman–Crippen MR) is 252 cm³/mol. The summed E-state index contributed by atoms with van der Waals surface area (Å²) in [6.07, 6.45) is -39.8. The second-order valence-electron chi connectivity index (χ2n) is 21.1. The number of alkyl halides is 33. The van der Waals surface area contributed by atoms with E-state index in [1.54, 1.807) is 0 Å². The first kappa shape index (κ1) is 88.2. The molecule has 0 spiro atoms. The van der Waals surface area contributed by atoms with E-state index in [1.165, 1.54) is 9.97 Å². The Morgan fingerprint density at radius 1 is 0.388 bits per heavy atom. The summed E-state index contributed by atoms with van der Waals surface area (Å²) in [4.78, 5) is 85.1. The van der Waals surface area contributed by atoms with Crippen molar-refractivity contribution in [2.24, 2.45) is 0 Å². The first-order valence-electron chi connectivity index (χ1n) is 26.0. The van der Waals surface area contributed by atoms with Crippen LogP contribution in [-0.2, 0) is 28.5 Å². The molecule has 103 heavy (non-hydrogen) atoms. The standard InChI is InChI=1S/C19H14F16N2O7.C17H11F17N2O6.C9H12N2O6/c1-12(20,21)14(24,25)16(28,29)18(32,33)19(34,35)17(30,31)15(26,27)13(22,23)10(41)44-8-7(40)5(4-38)43-9(8)37-3-2-6(39)36-11(37)42;18-10(19,12(22,23)14(26,27)16(30,31)32)11(20,21)13(24,25)15(28,29)17(33,34)42-7-6(39)4(3-37)41-8(7)36-2-1-5(38)35-9(36)40;12-3-4-6(14)7(15)8(17-4)11-2-1-5(13)10-9(11)16/h2-3,5,7-9,38,40H,4H2,1H3,(H,36,39,42);1-2,4,6-8,37,39H,3H2,(H,35,38,40);1-2,4,6-8,12,14-15H,3H2,(H,10,13,16)/t5-,7+,8?,9-;2*4-,6+,7?,8-/m111/s1. The Hall–Kier alpha value is -7.24. The highest BCUT2D eigenvalue weighted by Crippen LogP contribution is 2.66. The van der Waals surface area contributed by atoms with Gasteiger partial charge in [0, 0.05) is 43.7 Å². The molecule has 3 fully saturated rings. The number of carbonyl (C=O) groups is 1. The Kier molecular flexibility index (Phi) is 24.2. The van der Waals surface area contributed by atoms with Gasteiger partial charge in [0.05, 0.1) is 19.8 Å². The van der Waals surface area contributed by atoms with Crippen LogP contribution in [0.3, 0.4) is 0 Å². The molecule has 0 aromatic carbocycles. The largest absolute Gasteiger partial charge is 0.460 e. The number of rotatable bonds is 23. The number of H-pyrrole nitrogens is 3. The molecular formula is C45H37F33N6O19. The van der Waals surface area contributed by atoms with Crippen LogP contribution in [0.1, 0.15) is 25.6 Å². The van der Waals surface area contributed by atoms with Gasteiger partial charge in [0.1, 0.15) is 48.8 Å². The fourth-order valence-corrected chi connectivity index (χ4v) is 8.41. The third kappa shape index (κ3) is 14.3. The van der Waals surface area contributed by atoms with E-state index in [1.807, 2.05) is 4.98 Å². The van der Waals surface area contributed by atoms with Gasteiger partial charge in [0.25, 0.3) is 16.7 Å². The van der Waals surface area contributed by atoms with Crippen molar-refractivity contribution >= 4 is 5.97 Å². The van der Waals surface area contributed by atoms with E-state index in [9.17, 15) is 199 Å². The molecule has 3 unspecified atom stereocenters. The molecule has 0 amide bonds. The quantitative estimate of drug-likeness (QED) is 0.0482. The topological polar surface area (TPSA) is 369 Å². The van der Waals surface area contributed by atoms with Gasteiger partial charge in [-0.2, -0.15) is 145 Å². The number of halogens is 33. The lowest BCUT2D eigenvalue weighted by molar-refractivity contribution is -0.481. The molecule has 3 aromatic heterocycles. The number of aromatic amines is 3. The molecule has 6 heterocycles. The second kappa shape index (κ2) is 28.2. The number of carbonyl (C=O) groups excluding carboxylic acids is 1. The fourth-order valence-electron chi connectivity index (χ4n) is 8.41. The van der Waals surface area contributed by atoms with Crippen molar-refractivity contribution in [3.8, 4) is 0 Å². The van der Waals surface area contributed by atoms with Gasteiger partial charge in [-0.05, 0) is 0 Å². The van der Waals surface area contributed by atoms with Gasteiger partial charge in [-0.1, -0.05) is 0 Å². The van der Waals surface area contributed by atoms with E-state index in [4.69, 9.17) is 24.8 Å². The van der Waals surface area contributed by atoms with Crippen molar-refractivity contribution in [3.05, 3.63) is 99.3 Å². The molecule has 6 rings (SSSR count). The zero-order valence-electron chi connectivity index (χ0n) is 48.4. The Balaban J connectivity index is 0.000000356. The Labute approximate surface area is 538 Å². The number of ether oxygens (including phenoxy) is 5. The van der Waals surface area contributed by atoms with Gasteiger partial charge in [-0.25, -0.2) is 19.2 Å². The first-order valence-corrected chi connectivity index (χ1v) is 26.0. The molecule has 0 radical (unpaired) electrons. The van der Waals surface area contributed by atoms with Crippen LogP contribution < -0.4 is 33.7 Å². The van der Waals surface area contributed by atoms with Crippen LogP contribution >= 0.6 is 0 Å². The van der Waals surface area contributed by atoms with Crippen molar-refractivity contribution in [2.45, 2.75) is 176 Å². The van der Waals surface area contributed by atoms with E-state index >= 15 is 0 Å². The van der Waals surface area contributed by atoms with Crippen LogP contribution in [0.4, 0.5) is 145 Å². The zero-order valence-corrected chi connectivity index (χ0v) is 48.4. The summed E-state index contributed by atoms with van der Waals surface area (Å²) in [6, 6.07) is 1.93.